The van der Waals surface area contributed by atoms with Gasteiger partial charge in [-0.25, -0.2) is 0 Å². The lowest BCUT2D eigenvalue weighted by Crippen LogP contribution is -2.52. The van der Waals surface area contributed by atoms with Gasteiger partial charge in [0.25, 0.3) is 0 Å². The summed E-state index contributed by atoms with van der Waals surface area (Å²) < 4.78 is 0. The van der Waals surface area contributed by atoms with Crippen molar-refractivity contribution >= 4 is 17.3 Å². The van der Waals surface area contributed by atoms with E-state index in [1.165, 1.54) is 11.3 Å². The first-order valence-corrected chi connectivity index (χ1v) is 8.02. The van der Waals surface area contributed by atoms with Gasteiger partial charge in [0.05, 0.1) is 0 Å². The van der Waals surface area contributed by atoms with Crippen molar-refractivity contribution in [3.05, 3.63) is 28.8 Å². The first-order valence-electron chi connectivity index (χ1n) is 7.64. The van der Waals surface area contributed by atoms with Crippen LogP contribution in [0.2, 0.25) is 5.02 Å². The molecule has 0 amide bonds. The number of nitrogens with zero attached hydrogens (tertiary/aromatic N) is 2. The second kappa shape index (κ2) is 7.30. The molecule has 0 aromatic heterocycles. The van der Waals surface area contributed by atoms with E-state index < -0.39 is 0 Å². The molecule has 1 atom stereocenters. The molecule has 1 N–H and O–H groups in total. The molecule has 1 aromatic carbocycles. The number of rotatable bonds is 5. The van der Waals surface area contributed by atoms with Gasteiger partial charge in [0.2, 0.25) is 0 Å². The molecular formula is C16H26ClN3. The number of anilines is 1. The lowest BCUT2D eigenvalue weighted by Gasteiger charge is -2.41. The first kappa shape index (κ1) is 15.6. The van der Waals surface area contributed by atoms with Gasteiger partial charge in [-0.3, -0.25) is 4.90 Å². The Morgan fingerprint density at radius 1 is 1.30 bits per heavy atom. The van der Waals surface area contributed by atoms with Crippen molar-refractivity contribution in [2.75, 3.05) is 37.6 Å². The highest BCUT2D eigenvalue weighted by atomic mass is 35.5. The van der Waals surface area contributed by atoms with E-state index in [9.17, 15) is 0 Å². The van der Waals surface area contributed by atoms with Crippen LogP contribution in [0, 0.1) is 0 Å². The Morgan fingerprint density at radius 3 is 2.75 bits per heavy atom. The Balaban J connectivity index is 2.18. The summed E-state index contributed by atoms with van der Waals surface area (Å²) in [6, 6.07) is 6.85. The summed E-state index contributed by atoms with van der Waals surface area (Å²) in [5.74, 6) is 0. The van der Waals surface area contributed by atoms with E-state index in [2.05, 4.69) is 48.0 Å². The van der Waals surface area contributed by atoms with E-state index in [1.54, 1.807) is 0 Å². The zero-order chi connectivity index (χ0) is 14.5. The number of halogens is 1. The van der Waals surface area contributed by atoms with E-state index >= 15 is 0 Å². The fourth-order valence-corrected chi connectivity index (χ4v) is 3.19. The van der Waals surface area contributed by atoms with Crippen LogP contribution in [0.1, 0.15) is 26.3 Å². The van der Waals surface area contributed by atoms with Crippen LogP contribution in [-0.4, -0.2) is 43.7 Å². The molecule has 0 radical (unpaired) electrons. The largest absolute Gasteiger partial charge is 0.368 e. The topological polar surface area (TPSA) is 18.5 Å². The highest BCUT2D eigenvalue weighted by Crippen LogP contribution is 2.29. The molecule has 4 heteroatoms. The van der Waals surface area contributed by atoms with Crippen molar-refractivity contribution in [2.24, 2.45) is 0 Å². The summed E-state index contributed by atoms with van der Waals surface area (Å²) >= 11 is 6.40. The van der Waals surface area contributed by atoms with E-state index in [4.69, 9.17) is 11.6 Å². The number of hydrogen-bond donors (Lipinski definition) is 1. The minimum Gasteiger partial charge on any atom is -0.368 e. The third-order valence-corrected chi connectivity index (χ3v) is 4.51. The fourth-order valence-electron chi connectivity index (χ4n) is 2.95. The average Bonchev–Trinajstić information content (AvgIpc) is 2.45. The highest BCUT2D eigenvalue weighted by Gasteiger charge is 2.24. The molecule has 0 saturated carbocycles. The minimum absolute atomic E-state index is 0.597. The van der Waals surface area contributed by atoms with Crippen molar-refractivity contribution in [2.45, 2.75) is 33.4 Å². The summed E-state index contributed by atoms with van der Waals surface area (Å²) in [5.41, 5.74) is 2.52. The Bertz CT molecular complexity index is 436. The number of nitrogens with one attached hydrogen (secondary N) is 1. The van der Waals surface area contributed by atoms with E-state index in [0.717, 1.165) is 44.3 Å². The molecule has 1 saturated heterocycles. The molecule has 112 valence electrons. The van der Waals surface area contributed by atoms with Crippen LogP contribution in [0.4, 0.5) is 5.69 Å². The highest BCUT2D eigenvalue weighted by molar-refractivity contribution is 6.31. The van der Waals surface area contributed by atoms with E-state index in [1.807, 2.05) is 6.07 Å². The standard InChI is InChI=1S/C16H26ClN3/c1-4-18-11-14-15(17)7-6-8-16(14)20-10-9-19(5-2)13(3)12-20/h6-8,13,18H,4-5,9-12H2,1-3H3. The SMILES string of the molecule is CCNCc1c(Cl)cccc1N1CCN(CC)C(C)C1. The second-order valence-electron chi connectivity index (χ2n) is 5.44. The number of hydrogen-bond acceptors (Lipinski definition) is 3. The Hall–Kier alpha value is -0.770. The molecule has 1 unspecified atom stereocenters. The van der Waals surface area contributed by atoms with Gasteiger partial charge in [0.15, 0.2) is 0 Å². The van der Waals surface area contributed by atoms with Gasteiger partial charge in [0, 0.05) is 48.5 Å². The molecule has 0 spiro atoms. The van der Waals surface area contributed by atoms with E-state index in [0.29, 0.717) is 6.04 Å². The number of piperazine rings is 1. The molecule has 2 rings (SSSR count). The molecule has 1 aromatic rings. The van der Waals surface area contributed by atoms with Crippen LogP contribution >= 0.6 is 11.6 Å². The predicted octanol–water partition coefficient (Wildman–Crippen LogP) is 2.98. The molecule has 0 bridgehead atoms. The molecule has 3 nitrogen and oxygen atoms in total. The van der Waals surface area contributed by atoms with Crippen molar-refractivity contribution in [3.63, 3.8) is 0 Å². The van der Waals surface area contributed by atoms with Crippen molar-refractivity contribution in [1.29, 1.82) is 0 Å². The van der Waals surface area contributed by atoms with Crippen molar-refractivity contribution in [3.8, 4) is 0 Å². The monoisotopic (exact) mass is 295 g/mol. The first-order chi connectivity index (χ1) is 9.67. The Morgan fingerprint density at radius 2 is 2.10 bits per heavy atom. The zero-order valence-electron chi connectivity index (χ0n) is 12.8. The Labute approximate surface area is 127 Å². The summed E-state index contributed by atoms with van der Waals surface area (Å²) in [5, 5.41) is 4.26. The summed E-state index contributed by atoms with van der Waals surface area (Å²) in [7, 11) is 0. The predicted molar refractivity (Wildman–Crippen MR) is 87.8 cm³/mol. The summed E-state index contributed by atoms with van der Waals surface area (Å²) in [4.78, 5) is 5.01. The van der Waals surface area contributed by atoms with E-state index in [-0.39, 0.29) is 0 Å². The maximum atomic E-state index is 6.40. The van der Waals surface area contributed by atoms with Crippen LogP contribution in [-0.2, 0) is 6.54 Å². The zero-order valence-corrected chi connectivity index (χ0v) is 13.6. The lowest BCUT2D eigenvalue weighted by atomic mass is 10.1. The third-order valence-electron chi connectivity index (χ3n) is 4.16. The molecule has 20 heavy (non-hydrogen) atoms. The number of likely N-dealkylation sites (N-methyl/N-ethyl adjacent to an activating group) is 1. The Kier molecular flexibility index (Phi) is 5.70. The van der Waals surface area contributed by atoms with Gasteiger partial charge < -0.3 is 10.2 Å². The fraction of sp³-hybridized carbons (Fsp3) is 0.625. The molecule has 1 aliphatic rings. The lowest BCUT2D eigenvalue weighted by molar-refractivity contribution is 0.199. The van der Waals surface area contributed by atoms with Gasteiger partial charge in [-0.05, 0) is 32.1 Å². The van der Waals surface area contributed by atoms with Crippen molar-refractivity contribution in [1.82, 2.24) is 10.2 Å². The van der Waals surface area contributed by atoms with Crippen molar-refractivity contribution < 1.29 is 0 Å². The van der Waals surface area contributed by atoms with Crippen LogP contribution in [0.3, 0.4) is 0 Å². The van der Waals surface area contributed by atoms with Crippen LogP contribution < -0.4 is 10.2 Å². The molecule has 0 aliphatic carbocycles. The minimum atomic E-state index is 0.597. The number of benzene rings is 1. The van der Waals surface area contributed by atoms with Gasteiger partial charge >= 0.3 is 0 Å². The van der Waals surface area contributed by atoms with Gasteiger partial charge in [-0.1, -0.05) is 31.5 Å². The van der Waals surface area contributed by atoms with Gasteiger partial charge in [-0.15, -0.1) is 0 Å². The quantitative estimate of drug-likeness (QED) is 0.901. The average molecular weight is 296 g/mol. The van der Waals surface area contributed by atoms with Gasteiger partial charge in [-0.2, -0.15) is 0 Å². The molecule has 1 fully saturated rings. The van der Waals surface area contributed by atoms with Crippen LogP contribution in [0.15, 0.2) is 18.2 Å². The van der Waals surface area contributed by atoms with Crippen LogP contribution in [0.25, 0.3) is 0 Å². The smallest absolute Gasteiger partial charge is 0.0471 e. The second-order valence-corrected chi connectivity index (χ2v) is 5.85. The third kappa shape index (κ3) is 3.46. The van der Waals surface area contributed by atoms with Gasteiger partial charge in [0.1, 0.15) is 0 Å². The van der Waals surface area contributed by atoms with Crippen LogP contribution in [0.5, 0.6) is 0 Å². The molecule has 1 aliphatic heterocycles. The maximum absolute atomic E-state index is 6.40. The summed E-state index contributed by atoms with van der Waals surface area (Å²) in [6.45, 7) is 12.9. The normalized spacial score (nSPS) is 20.4. The molecule has 1 heterocycles. The summed E-state index contributed by atoms with van der Waals surface area (Å²) in [6.07, 6.45) is 0. The molecular weight excluding hydrogens is 270 g/mol. The maximum Gasteiger partial charge on any atom is 0.0471 e.